The van der Waals surface area contributed by atoms with Crippen LogP contribution in [-0.4, -0.2) is 35.7 Å². The molecule has 1 aromatic rings. The van der Waals surface area contributed by atoms with Crippen molar-refractivity contribution in [1.82, 2.24) is 10.2 Å². The third-order valence-electron chi connectivity index (χ3n) is 3.82. The molecule has 100 valence electrons. The summed E-state index contributed by atoms with van der Waals surface area (Å²) < 4.78 is 0. The maximum Gasteiger partial charge on any atom is 0.0681 e. The van der Waals surface area contributed by atoms with Gasteiger partial charge >= 0.3 is 0 Å². The smallest absolute Gasteiger partial charge is 0.0681 e. The van der Waals surface area contributed by atoms with Gasteiger partial charge in [0.25, 0.3) is 0 Å². The van der Waals surface area contributed by atoms with E-state index in [9.17, 15) is 0 Å². The van der Waals surface area contributed by atoms with Crippen LogP contribution in [0, 0.1) is 0 Å². The van der Waals surface area contributed by atoms with Gasteiger partial charge in [-0.3, -0.25) is 4.90 Å². The molecular formula is C15H24N2O. The number of nitrogens with one attached hydrogen (secondary N) is 1. The first-order chi connectivity index (χ1) is 8.83. The maximum atomic E-state index is 9.04. The number of aliphatic hydroxyl groups excluding tert-OH is 1. The Kier molecular flexibility index (Phi) is 5.17. The molecule has 1 saturated heterocycles. The van der Waals surface area contributed by atoms with Crippen LogP contribution in [0.25, 0.3) is 0 Å². The Bertz CT molecular complexity index is 344. The van der Waals surface area contributed by atoms with E-state index in [4.69, 9.17) is 5.11 Å². The zero-order chi connectivity index (χ0) is 12.8. The summed E-state index contributed by atoms with van der Waals surface area (Å²) in [6.07, 6.45) is 2.51. The van der Waals surface area contributed by atoms with E-state index in [-0.39, 0.29) is 6.61 Å². The molecule has 0 bridgehead atoms. The maximum absolute atomic E-state index is 9.04. The average Bonchev–Trinajstić information content (AvgIpc) is 2.46. The summed E-state index contributed by atoms with van der Waals surface area (Å²) in [6.45, 7) is 6.78. The molecule has 0 saturated carbocycles. The monoisotopic (exact) mass is 248 g/mol. The lowest BCUT2D eigenvalue weighted by molar-refractivity contribution is 0.162. The normalized spacial score (nSPS) is 17.3. The zero-order valence-corrected chi connectivity index (χ0v) is 11.2. The summed E-state index contributed by atoms with van der Waals surface area (Å²) in [5, 5.41) is 12.5. The van der Waals surface area contributed by atoms with Crippen LogP contribution in [0.3, 0.4) is 0 Å². The highest BCUT2D eigenvalue weighted by molar-refractivity contribution is 5.22. The van der Waals surface area contributed by atoms with E-state index >= 15 is 0 Å². The third kappa shape index (κ3) is 3.55. The number of piperidine rings is 1. The predicted molar refractivity (Wildman–Crippen MR) is 74.3 cm³/mol. The van der Waals surface area contributed by atoms with Gasteiger partial charge in [-0.15, -0.1) is 0 Å². The van der Waals surface area contributed by atoms with Crippen molar-refractivity contribution in [1.29, 1.82) is 0 Å². The van der Waals surface area contributed by atoms with E-state index in [1.807, 2.05) is 12.1 Å². The van der Waals surface area contributed by atoms with Gasteiger partial charge < -0.3 is 10.4 Å². The van der Waals surface area contributed by atoms with Gasteiger partial charge in [0.05, 0.1) is 6.61 Å². The van der Waals surface area contributed by atoms with Gasteiger partial charge in [0.2, 0.25) is 0 Å². The Morgan fingerprint density at radius 3 is 2.33 bits per heavy atom. The molecule has 0 unspecified atom stereocenters. The van der Waals surface area contributed by atoms with Crippen molar-refractivity contribution in [3.05, 3.63) is 35.4 Å². The van der Waals surface area contributed by atoms with Crippen molar-refractivity contribution in [2.45, 2.75) is 39.0 Å². The van der Waals surface area contributed by atoms with E-state index in [1.54, 1.807) is 0 Å². The quantitative estimate of drug-likeness (QED) is 0.833. The van der Waals surface area contributed by atoms with Crippen molar-refractivity contribution in [2.75, 3.05) is 19.6 Å². The lowest BCUT2D eigenvalue weighted by Gasteiger charge is -2.34. The second-order valence-corrected chi connectivity index (χ2v) is 5.02. The molecule has 0 aromatic heterocycles. The summed E-state index contributed by atoms with van der Waals surface area (Å²) in [5.74, 6) is 0. The highest BCUT2D eigenvalue weighted by Crippen LogP contribution is 2.15. The number of hydrogen-bond donors (Lipinski definition) is 2. The highest BCUT2D eigenvalue weighted by Gasteiger charge is 2.19. The van der Waals surface area contributed by atoms with Crippen LogP contribution in [0.1, 0.15) is 30.9 Å². The minimum Gasteiger partial charge on any atom is -0.392 e. The fourth-order valence-corrected chi connectivity index (χ4v) is 2.66. The van der Waals surface area contributed by atoms with Gasteiger partial charge in [-0.2, -0.15) is 0 Å². The molecule has 18 heavy (non-hydrogen) atoms. The molecule has 0 radical (unpaired) electrons. The Morgan fingerprint density at radius 2 is 1.78 bits per heavy atom. The van der Waals surface area contributed by atoms with E-state index in [0.29, 0.717) is 6.04 Å². The van der Waals surface area contributed by atoms with Crippen LogP contribution in [0.15, 0.2) is 24.3 Å². The Labute approximate surface area is 110 Å². The topological polar surface area (TPSA) is 35.5 Å². The Hall–Kier alpha value is -0.900. The largest absolute Gasteiger partial charge is 0.392 e. The molecule has 3 heteroatoms. The molecule has 3 nitrogen and oxygen atoms in total. The van der Waals surface area contributed by atoms with Crippen LogP contribution in [0.4, 0.5) is 0 Å². The fourth-order valence-electron chi connectivity index (χ4n) is 2.66. The van der Waals surface area contributed by atoms with Gasteiger partial charge in [0.1, 0.15) is 0 Å². The molecule has 0 amide bonds. The molecule has 1 heterocycles. The van der Waals surface area contributed by atoms with Crippen molar-refractivity contribution < 1.29 is 5.11 Å². The van der Waals surface area contributed by atoms with E-state index in [2.05, 4.69) is 29.3 Å². The number of rotatable bonds is 5. The second-order valence-electron chi connectivity index (χ2n) is 5.02. The van der Waals surface area contributed by atoms with Gasteiger partial charge in [-0.1, -0.05) is 31.2 Å². The van der Waals surface area contributed by atoms with Gasteiger partial charge in [0, 0.05) is 12.6 Å². The molecule has 1 aliphatic heterocycles. The first-order valence-electron chi connectivity index (χ1n) is 6.97. The third-order valence-corrected chi connectivity index (χ3v) is 3.82. The van der Waals surface area contributed by atoms with Crippen LogP contribution in [0.5, 0.6) is 0 Å². The minimum absolute atomic E-state index is 0.131. The molecule has 0 aliphatic carbocycles. The molecule has 0 spiro atoms. The number of aliphatic hydroxyl groups is 1. The molecule has 2 N–H and O–H groups in total. The highest BCUT2D eigenvalue weighted by atomic mass is 16.3. The van der Waals surface area contributed by atoms with Crippen molar-refractivity contribution >= 4 is 0 Å². The Balaban J connectivity index is 1.95. The first kappa shape index (κ1) is 13.5. The summed E-state index contributed by atoms with van der Waals surface area (Å²) >= 11 is 0. The van der Waals surface area contributed by atoms with E-state index in [0.717, 1.165) is 31.7 Å². The summed E-state index contributed by atoms with van der Waals surface area (Å²) in [5.41, 5.74) is 2.33. The van der Waals surface area contributed by atoms with E-state index < -0.39 is 0 Å². The Morgan fingerprint density at radius 1 is 1.17 bits per heavy atom. The van der Waals surface area contributed by atoms with E-state index in [1.165, 1.54) is 18.4 Å². The average molecular weight is 248 g/mol. The van der Waals surface area contributed by atoms with Crippen LogP contribution < -0.4 is 5.32 Å². The summed E-state index contributed by atoms with van der Waals surface area (Å²) in [7, 11) is 0. The zero-order valence-electron chi connectivity index (χ0n) is 11.2. The van der Waals surface area contributed by atoms with Crippen LogP contribution in [0.2, 0.25) is 0 Å². The summed E-state index contributed by atoms with van der Waals surface area (Å²) in [4.78, 5) is 2.56. The van der Waals surface area contributed by atoms with Gasteiger partial charge in [0.15, 0.2) is 0 Å². The standard InChI is InChI=1S/C15H24N2O/c1-2-17(15-7-9-16-10-8-15)11-13-3-5-14(12-18)6-4-13/h3-6,15-16,18H,2,7-12H2,1H3. The molecule has 0 atom stereocenters. The number of benzene rings is 1. The van der Waals surface area contributed by atoms with Crippen molar-refractivity contribution in [3.8, 4) is 0 Å². The minimum atomic E-state index is 0.131. The number of hydrogen-bond acceptors (Lipinski definition) is 3. The van der Waals surface area contributed by atoms with Crippen LogP contribution >= 0.6 is 0 Å². The van der Waals surface area contributed by atoms with Crippen molar-refractivity contribution in [3.63, 3.8) is 0 Å². The lowest BCUT2D eigenvalue weighted by Crippen LogP contribution is -2.42. The molecule has 2 rings (SSSR count). The summed E-state index contributed by atoms with van der Waals surface area (Å²) in [6, 6.07) is 9.02. The van der Waals surface area contributed by atoms with Gasteiger partial charge in [-0.25, -0.2) is 0 Å². The fraction of sp³-hybridized carbons (Fsp3) is 0.600. The molecule has 1 fully saturated rings. The predicted octanol–water partition coefficient (Wildman–Crippen LogP) is 1.75. The molecule has 1 aromatic carbocycles. The lowest BCUT2D eigenvalue weighted by atomic mass is 10.0. The van der Waals surface area contributed by atoms with Crippen molar-refractivity contribution in [2.24, 2.45) is 0 Å². The van der Waals surface area contributed by atoms with Gasteiger partial charge in [-0.05, 0) is 43.6 Å². The molecular weight excluding hydrogens is 224 g/mol. The number of nitrogens with zero attached hydrogens (tertiary/aromatic N) is 1. The SMILES string of the molecule is CCN(Cc1ccc(CO)cc1)C1CCNCC1. The second kappa shape index (κ2) is 6.88. The first-order valence-corrected chi connectivity index (χ1v) is 6.97. The molecule has 1 aliphatic rings. The van der Waals surface area contributed by atoms with Crippen LogP contribution in [-0.2, 0) is 13.2 Å².